The average molecular weight is 301 g/mol. The van der Waals surface area contributed by atoms with Crippen molar-refractivity contribution in [2.75, 3.05) is 5.32 Å². The smallest absolute Gasteiger partial charge is 0.270 e. The molecule has 0 fully saturated rings. The van der Waals surface area contributed by atoms with Gasteiger partial charge in [0.2, 0.25) is 6.10 Å². The highest BCUT2D eigenvalue weighted by Gasteiger charge is 2.28. The summed E-state index contributed by atoms with van der Waals surface area (Å²) in [4.78, 5) is 12.3. The van der Waals surface area contributed by atoms with Gasteiger partial charge in [-0.3, -0.25) is 4.79 Å². The highest BCUT2D eigenvalue weighted by molar-refractivity contribution is 5.98. The molecule has 0 aromatic heterocycles. The lowest BCUT2D eigenvalue weighted by atomic mass is 10.0. The van der Waals surface area contributed by atoms with E-state index in [4.69, 9.17) is 4.74 Å². The molecule has 0 bridgehead atoms. The Labute approximate surface area is 134 Å². The minimum Gasteiger partial charge on any atom is -0.474 e. The Kier molecular flexibility index (Phi) is 3.31. The molecule has 112 valence electrons. The molecule has 23 heavy (non-hydrogen) atoms. The van der Waals surface area contributed by atoms with E-state index in [2.05, 4.69) is 17.4 Å². The van der Waals surface area contributed by atoms with E-state index in [1.54, 1.807) is 0 Å². The molecule has 1 atom stereocenters. The average Bonchev–Trinajstić information content (AvgIpc) is 2.62. The predicted molar refractivity (Wildman–Crippen MR) is 90.3 cm³/mol. The number of hydrogen-bond donors (Lipinski definition) is 1. The molecule has 3 aromatic carbocycles. The summed E-state index contributed by atoms with van der Waals surface area (Å²) in [5.74, 6) is 0.556. The van der Waals surface area contributed by atoms with E-state index < -0.39 is 6.10 Å². The summed E-state index contributed by atoms with van der Waals surface area (Å²) in [7, 11) is 0. The summed E-state index contributed by atoms with van der Waals surface area (Å²) in [5.41, 5.74) is 3.83. The molecule has 0 spiro atoms. The molecule has 1 heterocycles. The monoisotopic (exact) mass is 301 g/mol. The third-order valence-corrected chi connectivity index (χ3v) is 3.95. The number of para-hydroxylation sites is 2. The van der Waals surface area contributed by atoms with Gasteiger partial charge in [0.25, 0.3) is 5.91 Å². The van der Waals surface area contributed by atoms with Gasteiger partial charge in [0.05, 0.1) is 5.69 Å². The second-order valence-electron chi connectivity index (χ2n) is 5.47. The number of anilines is 1. The Hall–Kier alpha value is -3.07. The standard InChI is InChI=1S/C20H15NO2/c22-20-19(23-18-9-5-4-8-17(18)21-20)16-12-10-15(11-13-16)14-6-2-1-3-7-14/h1-13,19H,(H,21,22). The molecule has 3 nitrogen and oxygen atoms in total. The molecule has 1 aliphatic rings. The van der Waals surface area contributed by atoms with Crippen LogP contribution in [0, 0.1) is 0 Å². The summed E-state index contributed by atoms with van der Waals surface area (Å²) < 4.78 is 5.86. The highest BCUT2D eigenvalue weighted by atomic mass is 16.5. The molecule has 4 rings (SSSR count). The van der Waals surface area contributed by atoms with Crippen molar-refractivity contribution in [2.45, 2.75) is 6.10 Å². The quantitative estimate of drug-likeness (QED) is 0.760. The fourth-order valence-electron chi connectivity index (χ4n) is 2.75. The Morgan fingerprint density at radius 2 is 1.39 bits per heavy atom. The zero-order chi connectivity index (χ0) is 15.6. The first-order valence-electron chi connectivity index (χ1n) is 7.53. The number of ether oxygens (including phenoxy) is 1. The normalized spacial score (nSPS) is 16.2. The van der Waals surface area contributed by atoms with Crippen molar-refractivity contribution in [3.8, 4) is 16.9 Å². The van der Waals surface area contributed by atoms with E-state index in [0.29, 0.717) is 5.75 Å². The molecular weight excluding hydrogens is 286 g/mol. The van der Waals surface area contributed by atoms with Gasteiger partial charge in [0, 0.05) is 5.56 Å². The van der Waals surface area contributed by atoms with Crippen LogP contribution in [0.3, 0.4) is 0 Å². The van der Waals surface area contributed by atoms with Crippen LogP contribution in [0.4, 0.5) is 5.69 Å². The number of amides is 1. The maximum Gasteiger partial charge on any atom is 0.270 e. The van der Waals surface area contributed by atoms with Gasteiger partial charge in [-0.15, -0.1) is 0 Å². The highest BCUT2D eigenvalue weighted by Crippen LogP contribution is 2.35. The molecule has 1 N–H and O–H groups in total. The zero-order valence-corrected chi connectivity index (χ0v) is 12.4. The van der Waals surface area contributed by atoms with Gasteiger partial charge in [0.1, 0.15) is 5.75 Å². The van der Waals surface area contributed by atoms with Crippen molar-refractivity contribution < 1.29 is 9.53 Å². The summed E-state index contributed by atoms with van der Waals surface area (Å²) in [6, 6.07) is 25.5. The molecular formula is C20H15NO2. The molecule has 3 heteroatoms. The maximum atomic E-state index is 12.3. The lowest BCUT2D eigenvalue weighted by molar-refractivity contribution is -0.123. The lowest BCUT2D eigenvalue weighted by Gasteiger charge is -2.26. The van der Waals surface area contributed by atoms with Crippen molar-refractivity contribution in [1.29, 1.82) is 0 Å². The SMILES string of the molecule is O=C1Nc2ccccc2OC1c1ccc(-c2ccccc2)cc1. The summed E-state index contributed by atoms with van der Waals surface area (Å²) >= 11 is 0. The van der Waals surface area contributed by atoms with E-state index >= 15 is 0 Å². The van der Waals surface area contributed by atoms with Gasteiger partial charge in [-0.2, -0.15) is 0 Å². The van der Waals surface area contributed by atoms with Crippen molar-refractivity contribution in [1.82, 2.24) is 0 Å². The van der Waals surface area contributed by atoms with E-state index in [-0.39, 0.29) is 5.91 Å². The van der Waals surface area contributed by atoms with Crippen molar-refractivity contribution >= 4 is 11.6 Å². The van der Waals surface area contributed by atoms with Crippen LogP contribution in [-0.2, 0) is 4.79 Å². The fourth-order valence-corrected chi connectivity index (χ4v) is 2.75. The van der Waals surface area contributed by atoms with Gasteiger partial charge in [-0.25, -0.2) is 0 Å². The van der Waals surface area contributed by atoms with Crippen molar-refractivity contribution in [3.63, 3.8) is 0 Å². The van der Waals surface area contributed by atoms with Crippen LogP contribution in [0.5, 0.6) is 5.75 Å². The van der Waals surface area contributed by atoms with Crippen LogP contribution in [0.25, 0.3) is 11.1 Å². The molecule has 1 unspecified atom stereocenters. The summed E-state index contributed by atoms with van der Waals surface area (Å²) in [6.45, 7) is 0. The molecule has 0 saturated carbocycles. The lowest BCUT2D eigenvalue weighted by Crippen LogP contribution is -2.29. The molecule has 0 saturated heterocycles. The third kappa shape index (κ3) is 2.57. The maximum absolute atomic E-state index is 12.3. The van der Waals surface area contributed by atoms with Crippen LogP contribution in [-0.4, -0.2) is 5.91 Å². The number of fused-ring (bicyclic) bond motifs is 1. The number of rotatable bonds is 2. The molecule has 1 aliphatic heterocycles. The topological polar surface area (TPSA) is 38.3 Å². The first-order chi connectivity index (χ1) is 11.3. The molecule has 0 aliphatic carbocycles. The van der Waals surface area contributed by atoms with Crippen LogP contribution in [0.2, 0.25) is 0 Å². The minimum atomic E-state index is -0.616. The van der Waals surface area contributed by atoms with E-state index in [1.807, 2.05) is 66.7 Å². The minimum absolute atomic E-state index is 0.142. The predicted octanol–water partition coefficient (Wildman–Crippen LogP) is 4.43. The second kappa shape index (κ2) is 5.61. The van der Waals surface area contributed by atoms with Crippen molar-refractivity contribution in [3.05, 3.63) is 84.4 Å². The Bertz CT molecular complexity index is 841. The van der Waals surface area contributed by atoms with Gasteiger partial charge in [0.15, 0.2) is 0 Å². The van der Waals surface area contributed by atoms with E-state index in [9.17, 15) is 4.79 Å². The van der Waals surface area contributed by atoms with Gasteiger partial charge >= 0.3 is 0 Å². The third-order valence-electron chi connectivity index (χ3n) is 3.95. The van der Waals surface area contributed by atoms with Crippen LogP contribution in [0.1, 0.15) is 11.7 Å². The number of carbonyl (C=O) groups excluding carboxylic acids is 1. The van der Waals surface area contributed by atoms with E-state index in [1.165, 1.54) is 0 Å². The van der Waals surface area contributed by atoms with Crippen LogP contribution >= 0.6 is 0 Å². The molecule has 3 aromatic rings. The largest absolute Gasteiger partial charge is 0.474 e. The Morgan fingerprint density at radius 3 is 2.17 bits per heavy atom. The first-order valence-corrected chi connectivity index (χ1v) is 7.53. The molecule has 0 radical (unpaired) electrons. The number of carbonyl (C=O) groups is 1. The second-order valence-corrected chi connectivity index (χ2v) is 5.47. The van der Waals surface area contributed by atoms with Gasteiger partial charge in [-0.05, 0) is 23.3 Å². The number of nitrogens with one attached hydrogen (secondary N) is 1. The summed E-state index contributed by atoms with van der Waals surface area (Å²) in [6.07, 6.45) is -0.616. The Balaban J connectivity index is 1.63. The van der Waals surface area contributed by atoms with Crippen LogP contribution in [0.15, 0.2) is 78.9 Å². The zero-order valence-electron chi connectivity index (χ0n) is 12.4. The number of hydrogen-bond acceptors (Lipinski definition) is 2. The van der Waals surface area contributed by atoms with Gasteiger partial charge < -0.3 is 10.1 Å². The van der Waals surface area contributed by atoms with Gasteiger partial charge in [-0.1, -0.05) is 66.7 Å². The Morgan fingerprint density at radius 1 is 0.739 bits per heavy atom. The van der Waals surface area contributed by atoms with Crippen molar-refractivity contribution in [2.24, 2.45) is 0 Å². The molecule has 1 amide bonds. The van der Waals surface area contributed by atoms with E-state index in [0.717, 1.165) is 22.4 Å². The number of benzene rings is 3. The summed E-state index contributed by atoms with van der Waals surface area (Å²) in [5, 5.41) is 2.89. The fraction of sp³-hybridized carbons (Fsp3) is 0.0500. The first kappa shape index (κ1) is 13.6. The van der Waals surface area contributed by atoms with Crippen LogP contribution < -0.4 is 10.1 Å².